The van der Waals surface area contributed by atoms with Gasteiger partial charge < -0.3 is 9.84 Å². The molecule has 0 spiro atoms. The van der Waals surface area contributed by atoms with Crippen LogP contribution in [0, 0.1) is 0 Å². The van der Waals surface area contributed by atoms with Crippen LogP contribution in [0.25, 0.3) is 10.8 Å². The molecule has 2 fully saturated rings. The number of rotatable bonds is 6. The van der Waals surface area contributed by atoms with Gasteiger partial charge in [0.15, 0.2) is 0 Å². The van der Waals surface area contributed by atoms with E-state index >= 15 is 0 Å². The third kappa shape index (κ3) is 3.97. The second-order valence-corrected chi connectivity index (χ2v) is 7.39. The quantitative estimate of drug-likeness (QED) is 0.877. The Labute approximate surface area is 150 Å². The molecule has 2 aromatic carbocycles. The van der Waals surface area contributed by atoms with Gasteiger partial charge in [0.1, 0.15) is 18.5 Å². The van der Waals surface area contributed by atoms with Gasteiger partial charge in [-0.1, -0.05) is 36.4 Å². The average Bonchev–Trinajstić information content (AvgIpc) is 3.31. The number of β-amino-alcohol motifs (C(OH)–C–C–N with tert-alkyl or cyclic N) is 1. The molecular weight excluding hydrogens is 312 g/mol. The number of likely N-dealkylation sites (tertiary alicyclic amines) is 2. The van der Waals surface area contributed by atoms with E-state index in [9.17, 15) is 5.11 Å². The van der Waals surface area contributed by atoms with Crippen molar-refractivity contribution in [1.29, 1.82) is 0 Å². The fourth-order valence-electron chi connectivity index (χ4n) is 4.24. The maximum Gasteiger partial charge on any atom is 0.127 e. The van der Waals surface area contributed by atoms with E-state index in [0.717, 1.165) is 24.2 Å². The molecule has 0 bridgehead atoms. The zero-order valence-electron chi connectivity index (χ0n) is 14.8. The number of hydrogen-bond donors (Lipinski definition) is 1. The number of ether oxygens (including phenoxy) is 1. The summed E-state index contributed by atoms with van der Waals surface area (Å²) in [5.41, 5.74) is 0. The van der Waals surface area contributed by atoms with Gasteiger partial charge in [-0.05, 0) is 50.3 Å². The molecule has 134 valence electrons. The van der Waals surface area contributed by atoms with Gasteiger partial charge in [-0.15, -0.1) is 0 Å². The molecule has 2 saturated heterocycles. The van der Waals surface area contributed by atoms with Gasteiger partial charge in [0.2, 0.25) is 0 Å². The number of nitrogens with zero attached hydrogens (tertiary/aromatic N) is 2. The monoisotopic (exact) mass is 340 g/mol. The van der Waals surface area contributed by atoms with Gasteiger partial charge in [-0.3, -0.25) is 9.80 Å². The standard InChI is InChI=1S/C21H28N2O2/c24-19(15-22-13-10-18(14-22)23-11-3-4-12-23)16-25-21-9-5-7-17-6-1-2-8-20(17)21/h1-2,5-9,18-19,24H,3-4,10-16H2. The molecule has 4 nitrogen and oxygen atoms in total. The van der Waals surface area contributed by atoms with Crippen LogP contribution in [0.4, 0.5) is 0 Å². The van der Waals surface area contributed by atoms with Crippen LogP contribution in [0.5, 0.6) is 5.75 Å². The largest absolute Gasteiger partial charge is 0.490 e. The van der Waals surface area contributed by atoms with Crippen molar-refractivity contribution >= 4 is 10.8 Å². The minimum atomic E-state index is -0.448. The lowest BCUT2D eigenvalue weighted by atomic mass is 10.1. The molecule has 2 heterocycles. The van der Waals surface area contributed by atoms with E-state index in [1.165, 1.54) is 37.7 Å². The van der Waals surface area contributed by atoms with Crippen LogP contribution in [0.1, 0.15) is 19.3 Å². The molecule has 0 aliphatic carbocycles. The Morgan fingerprint density at radius 2 is 1.84 bits per heavy atom. The highest BCUT2D eigenvalue weighted by molar-refractivity contribution is 5.88. The second kappa shape index (κ2) is 7.73. The van der Waals surface area contributed by atoms with E-state index in [-0.39, 0.29) is 0 Å². The topological polar surface area (TPSA) is 35.9 Å². The molecule has 4 rings (SSSR count). The van der Waals surface area contributed by atoms with Crippen molar-refractivity contribution in [1.82, 2.24) is 9.80 Å². The van der Waals surface area contributed by atoms with E-state index in [4.69, 9.17) is 4.74 Å². The molecule has 0 aromatic heterocycles. The summed E-state index contributed by atoms with van der Waals surface area (Å²) in [6, 6.07) is 15.0. The molecule has 0 radical (unpaired) electrons. The van der Waals surface area contributed by atoms with Crippen LogP contribution in [0.2, 0.25) is 0 Å². The molecule has 2 unspecified atom stereocenters. The van der Waals surface area contributed by atoms with E-state index in [1.807, 2.05) is 24.3 Å². The van der Waals surface area contributed by atoms with Crippen LogP contribution < -0.4 is 4.74 Å². The summed E-state index contributed by atoms with van der Waals surface area (Å²) in [5.74, 6) is 0.855. The van der Waals surface area contributed by atoms with E-state index < -0.39 is 6.10 Å². The predicted molar refractivity (Wildman–Crippen MR) is 101 cm³/mol. The molecule has 4 heteroatoms. The third-order valence-electron chi connectivity index (χ3n) is 5.55. The zero-order chi connectivity index (χ0) is 17.1. The van der Waals surface area contributed by atoms with Crippen LogP contribution in [0.3, 0.4) is 0 Å². The predicted octanol–water partition coefficient (Wildman–Crippen LogP) is 2.75. The smallest absolute Gasteiger partial charge is 0.127 e. The van der Waals surface area contributed by atoms with Crippen molar-refractivity contribution in [3.63, 3.8) is 0 Å². The Bertz CT molecular complexity index is 694. The van der Waals surface area contributed by atoms with Crippen LogP contribution >= 0.6 is 0 Å². The summed E-state index contributed by atoms with van der Waals surface area (Å²) in [5, 5.41) is 12.7. The van der Waals surface area contributed by atoms with Gasteiger partial charge in [0.05, 0.1) is 0 Å². The van der Waals surface area contributed by atoms with Crippen molar-refractivity contribution in [3.8, 4) is 5.75 Å². The lowest BCUT2D eigenvalue weighted by Crippen LogP contribution is -2.38. The van der Waals surface area contributed by atoms with Gasteiger partial charge >= 0.3 is 0 Å². The zero-order valence-corrected chi connectivity index (χ0v) is 14.8. The third-order valence-corrected chi connectivity index (χ3v) is 5.55. The first-order chi connectivity index (χ1) is 12.3. The van der Waals surface area contributed by atoms with Crippen molar-refractivity contribution in [3.05, 3.63) is 42.5 Å². The summed E-state index contributed by atoms with van der Waals surface area (Å²) < 4.78 is 5.93. The fourth-order valence-corrected chi connectivity index (χ4v) is 4.24. The Hall–Kier alpha value is -1.62. The lowest BCUT2D eigenvalue weighted by molar-refractivity contribution is 0.0739. The minimum Gasteiger partial charge on any atom is -0.490 e. The fraction of sp³-hybridized carbons (Fsp3) is 0.524. The van der Waals surface area contributed by atoms with Crippen molar-refractivity contribution < 1.29 is 9.84 Å². The summed E-state index contributed by atoms with van der Waals surface area (Å²) in [4.78, 5) is 5.01. The van der Waals surface area contributed by atoms with Crippen molar-refractivity contribution in [2.24, 2.45) is 0 Å². The molecule has 2 aromatic rings. The molecule has 2 aliphatic heterocycles. The highest BCUT2D eigenvalue weighted by atomic mass is 16.5. The van der Waals surface area contributed by atoms with Gasteiger partial charge in [-0.25, -0.2) is 0 Å². The number of fused-ring (bicyclic) bond motifs is 1. The van der Waals surface area contributed by atoms with Gasteiger partial charge in [0.25, 0.3) is 0 Å². The van der Waals surface area contributed by atoms with Crippen LogP contribution in [-0.4, -0.2) is 66.4 Å². The molecule has 0 saturated carbocycles. The SMILES string of the molecule is OC(COc1cccc2ccccc12)CN1CCC(N2CCCC2)C1. The second-order valence-electron chi connectivity index (χ2n) is 7.39. The van der Waals surface area contributed by atoms with E-state index in [2.05, 4.69) is 28.0 Å². The first-order valence-corrected chi connectivity index (χ1v) is 9.54. The van der Waals surface area contributed by atoms with Crippen molar-refractivity contribution in [2.45, 2.75) is 31.4 Å². The first kappa shape index (κ1) is 16.8. The molecule has 0 amide bonds. The lowest BCUT2D eigenvalue weighted by Gasteiger charge is -2.24. The average molecular weight is 340 g/mol. The Morgan fingerprint density at radius 1 is 1.04 bits per heavy atom. The Kier molecular flexibility index (Phi) is 5.20. The maximum absolute atomic E-state index is 10.4. The Balaban J connectivity index is 1.28. The van der Waals surface area contributed by atoms with Crippen LogP contribution in [0.15, 0.2) is 42.5 Å². The molecule has 1 N–H and O–H groups in total. The molecular formula is C21H28N2O2. The Morgan fingerprint density at radius 3 is 2.72 bits per heavy atom. The highest BCUT2D eigenvalue weighted by Gasteiger charge is 2.29. The van der Waals surface area contributed by atoms with Crippen LogP contribution in [-0.2, 0) is 0 Å². The molecule has 25 heavy (non-hydrogen) atoms. The molecule has 2 atom stereocenters. The number of aliphatic hydroxyl groups excluding tert-OH is 1. The van der Waals surface area contributed by atoms with E-state index in [0.29, 0.717) is 19.2 Å². The summed E-state index contributed by atoms with van der Waals surface area (Å²) in [7, 11) is 0. The number of aliphatic hydroxyl groups is 1. The maximum atomic E-state index is 10.4. The summed E-state index contributed by atoms with van der Waals surface area (Å²) in [6.07, 6.45) is 3.48. The van der Waals surface area contributed by atoms with Gasteiger partial charge in [0, 0.05) is 24.5 Å². The minimum absolute atomic E-state index is 0.346. The highest BCUT2D eigenvalue weighted by Crippen LogP contribution is 2.25. The molecule has 2 aliphatic rings. The number of benzene rings is 2. The number of hydrogen-bond acceptors (Lipinski definition) is 4. The summed E-state index contributed by atoms with van der Waals surface area (Å²) in [6.45, 7) is 5.74. The summed E-state index contributed by atoms with van der Waals surface area (Å²) >= 11 is 0. The van der Waals surface area contributed by atoms with Crippen molar-refractivity contribution in [2.75, 3.05) is 39.3 Å². The van der Waals surface area contributed by atoms with Gasteiger partial charge in [-0.2, -0.15) is 0 Å². The van der Waals surface area contributed by atoms with E-state index in [1.54, 1.807) is 0 Å². The first-order valence-electron chi connectivity index (χ1n) is 9.54. The normalized spacial score (nSPS) is 23.3.